The molecule has 2 amide bonds. The van der Waals surface area contributed by atoms with Gasteiger partial charge in [0.2, 0.25) is 11.8 Å². The monoisotopic (exact) mass is 365 g/mol. The first kappa shape index (κ1) is 15.5. The minimum Gasteiger partial charge on any atom is -0.354 e. The molecule has 5 nitrogen and oxygen atoms in total. The normalized spacial score (nSPS) is 22.7. The Balaban J connectivity index is 1.59. The van der Waals surface area contributed by atoms with E-state index in [9.17, 15) is 9.59 Å². The molecule has 22 heavy (non-hydrogen) atoms. The number of benzene rings is 1. The Bertz CT molecular complexity index is 589. The van der Waals surface area contributed by atoms with Gasteiger partial charge in [0.25, 0.3) is 0 Å². The summed E-state index contributed by atoms with van der Waals surface area (Å²) in [5, 5.41) is 2.90. The molecule has 6 heteroatoms. The Kier molecular flexibility index (Phi) is 4.49. The summed E-state index contributed by atoms with van der Waals surface area (Å²) in [6.45, 7) is 0.926. The highest BCUT2D eigenvalue weighted by Crippen LogP contribution is 2.32. The van der Waals surface area contributed by atoms with Crippen LogP contribution in [0.5, 0.6) is 0 Å². The fourth-order valence-corrected chi connectivity index (χ4v) is 3.34. The van der Waals surface area contributed by atoms with Gasteiger partial charge in [-0.05, 0) is 46.8 Å². The van der Waals surface area contributed by atoms with Gasteiger partial charge in [-0.25, -0.2) is 0 Å². The van der Waals surface area contributed by atoms with Crippen LogP contribution in [0.25, 0.3) is 0 Å². The van der Waals surface area contributed by atoms with Crippen LogP contribution in [0.1, 0.15) is 19.3 Å². The average Bonchev–Trinajstić information content (AvgIpc) is 3.28. The second-order valence-electron chi connectivity index (χ2n) is 6.10. The molecule has 2 fully saturated rings. The average molecular weight is 366 g/mol. The lowest BCUT2D eigenvalue weighted by atomic mass is 10.1. The topological polar surface area (TPSA) is 75.4 Å². The summed E-state index contributed by atoms with van der Waals surface area (Å²) >= 11 is 3.45. The molecule has 1 saturated heterocycles. The van der Waals surface area contributed by atoms with Crippen molar-refractivity contribution in [1.82, 2.24) is 5.32 Å². The molecule has 1 aromatic rings. The van der Waals surface area contributed by atoms with Crippen molar-refractivity contribution >= 4 is 33.4 Å². The number of amides is 2. The molecule has 1 aromatic carbocycles. The predicted octanol–water partition coefficient (Wildman–Crippen LogP) is 1.66. The molecule has 0 bridgehead atoms. The number of para-hydroxylation sites is 1. The molecule has 0 aromatic heterocycles. The maximum atomic E-state index is 12.2. The van der Waals surface area contributed by atoms with Gasteiger partial charge < -0.3 is 16.0 Å². The van der Waals surface area contributed by atoms with E-state index in [1.807, 2.05) is 24.3 Å². The van der Waals surface area contributed by atoms with E-state index in [0.717, 1.165) is 23.0 Å². The zero-order valence-electron chi connectivity index (χ0n) is 12.3. The third-order valence-corrected chi connectivity index (χ3v) is 5.05. The number of carbonyl (C=O) groups is 2. The van der Waals surface area contributed by atoms with Crippen molar-refractivity contribution in [2.24, 2.45) is 17.6 Å². The first-order valence-corrected chi connectivity index (χ1v) is 8.43. The van der Waals surface area contributed by atoms with Gasteiger partial charge in [-0.3, -0.25) is 9.59 Å². The zero-order valence-corrected chi connectivity index (χ0v) is 13.9. The van der Waals surface area contributed by atoms with Crippen LogP contribution < -0.4 is 16.0 Å². The molecule has 1 aliphatic carbocycles. The van der Waals surface area contributed by atoms with Crippen LogP contribution in [-0.4, -0.2) is 30.9 Å². The largest absolute Gasteiger partial charge is 0.354 e. The maximum absolute atomic E-state index is 12.2. The number of nitrogens with zero attached hydrogens (tertiary/aromatic N) is 1. The molecule has 1 heterocycles. The molecule has 3 rings (SSSR count). The van der Waals surface area contributed by atoms with E-state index < -0.39 is 0 Å². The van der Waals surface area contributed by atoms with Crippen LogP contribution in [0.15, 0.2) is 28.7 Å². The Morgan fingerprint density at radius 3 is 2.82 bits per heavy atom. The minimum absolute atomic E-state index is 0.0152. The number of carbonyl (C=O) groups excluding carboxylic acids is 2. The van der Waals surface area contributed by atoms with Crippen LogP contribution in [0.4, 0.5) is 5.69 Å². The molecule has 2 aliphatic rings. The summed E-state index contributed by atoms with van der Waals surface area (Å²) in [6.07, 6.45) is 2.58. The van der Waals surface area contributed by atoms with Gasteiger partial charge in [-0.15, -0.1) is 0 Å². The van der Waals surface area contributed by atoms with E-state index in [1.165, 1.54) is 0 Å². The van der Waals surface area contributed by atoms with Crippen LogP contribution in [-0.2, 0) is 9.59 Å². The van der Waals surface area contributed by atoms with E-state index >= 15 is 0 Å². The summed E-state index contributed by atoms with van der Waals surface area (Å²) < 4.78 is 0.861. The lowest BCUT2D eigenvalue weighted by Gasteiger charge is -2.18. The van der Waals surface area contributed by atoms with Gasteiger partial charge >= 0.3 is 0 Å². The number of anilines is 1. The number of nitrogens with two attached hydrogens (primary N) is 1. The van der Waals surface area contributed by atoms with Crippen molar-refractivity contribution in [1.29, 1.82) is 0 Å². The number of hydrogen-bond donors (Lipinski definition) is 2. The van der Waals surface area contributed by atoms with Gasteiger partial charge in [-0.1, -0.05) is 12.1 Å². The lowest BCUT2D eigenvalue weighted by molar-refractivity contribution is -0.126. The Morgan fingerprint density at radius 1 is 1.41 bits per heavy atom. The smallest absolute Gasteiger partial charge is 0.227 e. The van der Waals surface area contributed by atoms with Crippen LogP contribution >= 0.6 is 15.9 Å². The number of halogens is 1. The summed E-state index contributed by atoms with van der Waals surface area (Å²) in [4.78, 5) is 26.1. The number of rotatable bonds is 5. The SMILES string of the molecule is NC(CNC(=O)C1CC(=O)N(c2ccccc2Br)C1)C1CC1. The molecule has 1 aliphatic heterocycles. The van der Waals surface area contributed by atoms with Gasteiger partial charge in [0.15, 0.2) is 0 Å². The van der Waals surface area contributed by atoms with Gasteiger partial charge in [0.1, 0.15) is 0 Å². The van der Waals surface area contributed by atoms with E-state index in [-0.39, 0.29) is 30.2 Å². The van der Waals surface area contributed by atoms with E-state index in [4.69, 9.17) is 5.73 Å². The summed E-state index contributed by atoms with van der Waals surface area (Å²) in [5.41, 5.74) is 6.81. The summed E-state index contributed by atoms with van der Waals surface area (Å²) in [6, 6.07) is 7.60. The molecule has 1 saturated carbocycles. The fourth-order valence-electron chi connectivity index (χ4n) is 2.84. The van der Waals surface area contributed by atoms with Crippen LogP contribution in [0.3, 0.4) is 0 Å². The number of hydrogen-bond acceptors (Lipinski definition) is 3. The van der Waals surface area contributed by atoms with Crippen molar-refractivity contribution < 1.29 is 9.59 Å². The highest BCUT2D eigenvalue weighted by molar-refractivity contribution is 9.10. The van der Waals surface area contributed by atoms with Crippen LogP contribution in [0, 0.1) is 11.8 Å². The van der Waals surface area contributed by atoms with Gasteiger partial charge in [-0.2, -0.15) is 0 Å². The van der Waals surface area contributed by atoms with Gasteiger partial charge in [0, 0.05) is 30.0 Å². The Labute approximate surface area is 138 Å². The molecule has 2 unspecified atom stereocenters. The van der Waals surface area contributed by atoms with Crippen molar-refractivity contribution in [3.05, 3.63) is 28.7 Å². The quantitative estimate of drug-likeness (QED) is 0.832. The second kappa shape index (κ2) is 6.38. The Hall–Kier alpha value is -1.40. The predicted molar refractivity (Wildman–Crippen MR) is 88.3 cm³/mol. The fraction of sp³-hybridized carbons (Fsp3) is 0.500. The first-order valence-electron chi connectivity index (χ1n) is 7.64. The van der Waals surface area contributed by atoms with E-state index in [1.54, 1.807) is 4.90 Å². The molecule has 118 valence electrons. The highest BCUT2D eigenvalue weighted by Gasteiger charge is 2.36. The lowest BCUT2D eigenvalue weighted by Crippen LogP contribution is -2.41. The van der Waals surface area contributed by atoms with E-state index in [2.05, 4.69) is 21.2 Å². The van der Waals surface area contributed by atoms with Gasteiger partial charge in [0.05, 0.1) is 11.6 Å². The molecule has 0 radical (unpaired) electrons. The minimum atomic E-state index is -0.300. The second-order valence-corrected chi connectivity index (χ2v) is 6.96. The van der Waals surface area contributed by atoms with Crippen molar-refractivity contribution in [3.8, 4) is 0 Å². The third-order valence-electron chi connectivity index (χ3n) is 4.38. The number of nitrogens with one attached hydrogen (secondary N) is 1. The highest BCUT2D eigenvalue weighted by atomic mass is 79.9. The summed E-state index contributed by atoms with van der Waals surface area (Å²) in [5.74, 6) is 0.172. The van der Waals surface area contributed by atoms with Crippen molar-refractivity contribution in [2.75, 3.05) is 18.0 Å². The Morgan fingerprint density at radius 2 is 2.14 bits per heavy atom. The van der Waals surface area contributed by atoms with Crippen molar-refractivity contribution in [2.45, 2.75) is 25.3 Å². The van der Waals surface area contributed by atoms with Crippen molar-refractivity contribution in [3.63, 3.8) is 0 Å². The summed E-state index contributed by atoms with van der Waals surface area (Å²) in [7, 11) is 0. The third kappa shape index (κ3) is 3.33. The van der Waals surface area contributed by atoms with E-state index in [0.29, 0.717) is 19.0 Å². The van der Waals surface area contributed by atoms with Crippen LogP contribution in [0.2, 0.25) is 0 Å². The molecular formula is C16H20BrN3O2. The zero-order chi connectivity index (χ0) is 15.7. The molecule has 0 spiro atoms. The maximum Gasteiger partial charge on any atom is 0.227 e. The molecule has 2 atom stereocenters. The molecule has 3 N–H and O–H groups in total. The standard InChI is InChI=1S/C16H20BrN3O2/c17-12-3-1-2-4-14(12)20-9-11(7-15(20)21)16(22)19-8-13(18)10-5-6-10/h1-4,10-11,13H,5-9,18H2,(H,19,22). The first-order chi connectivity index (χ1) is 10.6. The molecular weight excluding hydrogens is 346 g/mol.